The molecule has 0 aliphatic carbocycles. The number of carbonyl (C=O) groups is 2. The first-order chi connectivity index (χ1) is 13.5. The summed E-state index contributed by atoms with van der Waals surface area (Å²) in [4.78, 5) is 26.7. The molecule has 1 aliphatic heterocycles. The third kappa shape index (κ3) is 3.46. The SMILES string of the molecule is Cn1nnnc1-c1cccc(NC(=O)C2CC(=O)N(c3ccccc3Cl)C2)c1. The van der Waals surface area contributed by atoms with Gasteiger partial charge in [0.25, 0.3) is 0 Å². The topological polar surface area (TPSA) is 93.0 Å². The molecule has 1 fully saturated rings. The summed E-state index contributed by atoms with van der Waals surface area (Å²) in [6.07, 6.45) is 0.143. The van der Waals surface area contributed by atoms with Gasteiger partial charge in [-0.3, -0.25) is 9.59 Å². The average molecular weight is 397 g/mol. The van der Waals surface area contributed by atoms with Gasteiger partial charge in [0.05, 0.1) is 16.6 Å². The zero-order chi connectivity index (χ0) is 19.7. The van der Waals surface area contributed by atoms with Crippen molar-refractivity contribution in [1.29, 1.82) is 0 Å². The van der Waals surface area contributed by atoms with Crippen molar-refractivity contribution in [3.63, 3.8) is 0 Å². The number of halogens is 1. The highest BCUT2D eigenvalue weighted by atomic mass is 35.5. The fourth-order valence-corrected chi connectivity index (χ4v) is 3.48. The molecule has 28 heavy (non-hydrogen) atoms. The minimum absolute atomic E-state index is 0.118. The smallest absolute Gasteiger partial charge is 0.229 e. The van der Waals surface area contributed by atoms with Crippen LogP contribution in [0.4, 0.5) is 11.4 Å². The Morgan fingerprint density at radius 1 is 1.21 bits per heavy atom. The lowest BCUT2D eigenvalue weighted by Gasteiger charge is -2.18. The van der Waals surface area contributed by atoms with Crippen LogP contribution in [0.5, 0.6) is 0 Å². The fraction of sp³-hybridized carbons (Fsp3) is 0.211. The van der Waals surface area contributed by atoms with E-state index in [0.29, 0.717) is 28.8 Å². The second-order valence-corrected chi connectivity index (χ2v) is 6.96. The fourth-order valence-electron chi connectivity index (χ4n) is 3.24. The van der Waals surface area contributed by atoms with Crippen LogP contribution in [-0.4, -0.2) is 38.6 Å². The molecule has 1 aromatic heterocycles. The van der Waals surface area contributed by atoms with Crippen LogP contribution >= 0.6 is 11.6 Å². The Morgan fingerprint density at radius 2 is 2.04 bits per heavy atom. The molecular weight excluding hydrogens is 380 g/mol. The van der Waals surface area contributed by atoms with Crippen molar-refractivity contribution in [1.82, 2.24) is 20.2 Å². The monoisotopic (exact) mass is 396 g/mol. The van der Waals surface area contributed by atoms with Gasteiger partial charge in [-0.15, -0.1) is 5.10 Å². The minimum Gasteiger partial charge on any atom is -0.326 e. The van der Waals surface area contributed by atoms with E-state index in [0.717, 1.165) is 5.56 Å². The van der Waals surface area contributed by atoms with Gasteiger partial charge < -0.3 is 10.2 Å². The van der Waals surface area contributed by atoms with Gasteiger partial charge in [-0.1, -0.05) is 35.9 Å². The average Bonchev–Trinajstić information content (AvgIpc) is 3.28. The number of nitrogens with zero attached hydrogens (tertiary/aromatic N) is 5. The van der Waals surface area contributed by atoms with Gasteiger partial charge >= 0.3 is 0 Å². The molecular formula is C19H17ClN6O2. The van der Waals surface area contributed by atoms with Crippen LogP contribution in [0, 0.1) is 5.92 Å². The Kier molecular flexibility index (Phi) is 4.79. The van der Waals surface area contributed by atoms with Gasteiger partial charge in [0.2, 0.25) is 11.8 Å². The standard InChI is InChI=1S/C19H17ClN6O2/c1-25-18(22-23-24-25)12-5-4-6-14(9-12)21-19(28)13-10-17(27)26(11-13)16-8-3-2-7-15(16)20/h2-9,13H,10-11H2,1H3,(H,21,28). The summed E-state index contributed by atoms with van der Waals surface area (Å²) < 4.78 is 1.55. The number of nitrogens with one attached hydrogen (secondary N) is 1. The van der Waals surface area contributed by atoms with Crippen molar-refractivity contribution in [3.8, 4) is 11.4 Å². The number of hydrogen-bond acceptors (Lipinski definition) is 5. The molecule has 1 saturated heterocycles. The Bertz CT molecular complexity index is 1050. The van der Waals surface area contributed by atoms with Gasteiger partial charge in [0, 0.05) is 31.3 Å². The number of aryl methyl sites for hydroxylation is 1. The van der Waals surface area contributed by atoms with Gasteiger partial charge in [-0.2, -0.15) is 0 Å². The molecule has 142 valence electrons. The van der Waals surface area contributed by atoms with E-state index >= 15 is 0 Å². The van der Waals surface area contributed by atoms with E-state index < -0.39 is 5.92 Å². The van der Waals surface area contributed by atoms with Crippen LogP contribution in [0.2, 0.25) is 5.02 Å². The van der Waals surface area contributed by atoms with Gasteiger partial charge in [0.1, 0.15) is 0 Å². The predicted octanol–water partition coefficient (Wildman–Crippen LogP) is 2.52. The predicted molar refractivity (Wildman–Crippen MR) is 105 cm³/mol. The maximum atomic E-state index is 12.7. The number of aromatic nitrogens is 4. The van der Waals surface area contributed by atoms with Crippen molar-refractivity contribution in [2.45, 2.75) is 6.42 Å². The molecule has 0 spiro atoms. The van der Waals surface area contributed by atoms with Crippen LogP contribution in [0.3, 0.4) is 0 Å². The van der Waals surface area contributed by atoms with Crippen molar-refractivity contribution >= 4 is 34.8 Å². The molecule has 4 rings (SSSR count). The molecule has 8 nitrogen and oxygen atoms in total. The maximum absolute atomic E-state index is 12.7. The zero-order valence-corrected chi connectivity index (χ0v) is 15.8. The molecule has 1 aliphatic rings. The number of amides is 2. The van der Waals surface area contributed by atoms with E-state index in [1.807, 2.05) is 18.2 Å². The van der Waals surface area contributed by atoms with E-state index in [1.54, 1.807) is 47.0 Å². The molecule has 0 radical (unpaired) electrons. The van der Waals surface area contributed by atoms with Gasteiger partial charge in [0.15, 0.2) is 5.82 Å². The highest BCUT2D eigenvalue weighted by molar-refractivity contribution is 6.33. The highest BCUT2D eigenvalue weighted by Crippen LogP contribution is 2.31. The largest absolute Gasteiger partial charge is 0.326 e. The molecule has 0 bridgehead atoms. The Balaban J connectivity index is 1.48. The number of tetrazole rings is 1. The first-order valence-corrected chi connectivity index (χ1v) is 9.09. The van der Waals surface area contributed by atoms with Gasteiger partial charge in [-0.25, -0.2) is 4.68 Å². The first kappa shape index (κ1) is 18.1. The summed E-state index contributed by atoms with van der Waals surface area (Å²) in [6, 6.07) is 14.4. The van der Waals surface area contributed by atoms with Crippen molar-refractivity contribution in [3.05, 3.63) is 53.6 Å². The Hall–Kier alpha value is -3.26. The number of benzene rings is 2. The lowest BCUT2D eigenvalue weighted by Crippen LogP contribution is -2.28. The van der Waals surface area contributed by atoms with Crippen LogP contribution in [0.25, 0.3) is 11.4 Å². The van der Waals surface area contributed by atoms with Crippen LogP contribution in [-0.2, 0) is 16.6 Å². The second kappa shape index (κ2) is 7.40. The van der Waals surface area contributed by atoms with Crippen molar-refractivity contribution in [2.24, 2.45) is 13.0 Å². The first-order valence-electron chi connectivity index (χ1n) is 8.71. The molecule has 2 aromatic carbocycles. The summed E-state index contributed by atoms with van der Waals surface area (Å²) in [5.74, 6) is -0.190. The summed E-state index contributed by atoms with van der Waals surface area (Å²) >= 11 is 6.19. The Morgan fingerprint density at radius 3 is 2.79 bits per heavy atom. The summed E-state index contributed by atoms with van der Waals surface area (Å²) in [5.41, 5.74) is 2.03. The molecule has 2 heterocycles. The third-order valence-corrected chi connectivity index (χ3v) is 4.97. The number of rotatable bonds is 4. The Labute approximate surface area is 166 Å². The molecule has 3 aromatic rings. The van der Waals surface area contributed by atoms with Gasteiger partial charge in [-0.05, 0) is 34.7 Å². The van der Waals surface area contributed by atoms with E-state index in [9.17, 15) is 9.59 Å². The molecule has 1 N–H and O–H groups in total. The molecule has 9 heteroatoms. The lowest BCUT2D eigenvalue weighted by atomic mass is 10.1. The highest BCUT2D eigenvalue weighted by Gasteiger charge is 2.35. The number of para-hydroxylation sites is 1. The summed E-state index contributed by atoms with van der Waals surface area (Å²) in [6.45, 7) is 0.293. The minimum atomic E-state index is -0.455. The van der Waals surface area contributed by atoms with E-state index in [-0.39, 0.29) is 18.2 Å². The number of hydrogen-bond donors (Lipinski definition) is 1. The number of anilines is 2. The van der Waals surface area contributed by atoms with E-state index in [4.69, 9.17) is 11.6 Å². The molecule has 2 amide bonds. The van der Waals surface area contributed by atoms with E-state index in [2.05, 4.69) is 20.8 Å². The zero-order valence-electron chi connectivity index (χ0n) is 15.0. The normalized spacial score (nSPS) is 16.4. The molecule has 1 unspecified atom stereocenters. The molecule has 1 atom stereocenters. The molecule has 0 saturated carbocycles. The summed E-state index contributed by atoms with van der Waals surface area (Å²) in [5, 5.41) is 14.8. The number of carbonyl (C=O) groups excluding carboxylic acids is 2. The second-order valence-electron chi connectivity index (χ2n) is 6.55. The van der Waals surface area contributed by atoms with E-state index in [1.165, 1.54) is 0 Å². The van der Waals surface area contributed by atoms with Crippen LogP contribution < -0.4 is 10.2 Å². The van der Waals surface area contributed by atoms with Crippen LogP contribution in [0.1, 0.15) is 6.42 Å². The van der Waals surface area contributed by atoms with Crippen molar-refractivity contribution in [2.75, 3.05) is 16.8 Å². The van der Waals surface area contributed by atoms with Crippen LogP contribution in [0.15, 0.2) is 48.5 Å². The van der Waals surface area contributed by atoms with Crippen molar-refractivity contribution < 1.29 is 9.59 Å². The third-order valence-electron chi connectivity index (χ3n) is 4.65. The summed E-state index contributed by atoms with van der Waals surface area (Å²) in [7, 11) is 1.74. The quantitative estimate of drug-likeness (QED) is 0.731. The maximum Gasteiger partial charge on any atom is 0.229 e. The lowest BCUT2D eigenvalue weighted by molar-refractivity contribution is -0.122.